The molecule has 0 spiro atoms. The number of hydrogen-bond acceptors (Lipinski definition) is 5. The van der Waals surface area contributed by atoms with Crippen LogP contribution in [0.25, 0.3) is 11.5 Å². The third kappa shape index (κ3) is 3.63. The Morgan fingerprint density at radius 2 is 2.24 bits per heavy atom. The number of halogens is 2. The molecule has 0 bridgehead atoms. The molecule has 0 saturated heterocycles. The van der Waals surface area contributed by atoms with Gasteiger partial charge in [0.1, 0.15) is 0 Å². The summed E-state index contributed by atoms with van der Waals surface area (Å²) in [6.45, 7) is 0.406. The van der Waals surface area contributed by atoms with Crippen molar-refractivity contribution in [3.05, 3.63) is 33.5 Å². The Balaban J connectivity index is 1.69. The SMILES string of the molecule is NC(COC1CCC1)c1noc(-c2cc(Cl)cc(Br)c2)n1. The maximum absolute atomic E-state index is 6.03. The van der Waals surface area contributed by atoms with Gasteiger partial charge in [0.15, 0.2) is 5.82 Å². The van der Waals surface area contributed by atoms with E-state index in [1.165, 1.54) is 6.42 Å². The summed E-state index contributed by atoms with van der Waals surface area (Å²) in [6.07, 6.45) is 3.79. The van der Waals surface area contributed by atoms with Crippen molar-refractivity contribution in [3.63, 3.8) is 0 Å². The molecule has 112 valence electrons. The molecule has 0 radical (unpaired) electrons. The van der Waals surface area contributed by atoms with Gasteiger partial charge in [-0.05, 0) is 37.5 Å². The maximum atomic E-state index is 6.03. The van der Waals surface area contributed by atoms with Crippen LogP contribution in [0.2, 0.25) is 5.02 Å². The largest absolute Gasteiger partial charge is 0.376 e. The summed E-state index contributed by atoms with van der Waals surface area (Å²) in [5.74, 6) is 0.840. The molecule has 21 heavy (non-hydrogen) atoms. The highest BCUT2D eigenvalue weighted by atomic mass is 79.9. The van der Waals surface area contributed by atoms with Gasteiger partial charge in [0, 0.05) is 15.1 Å². The van der Waals surface area contributed by atoms with Crippen LogP contribution in [0.3, 0.4) is 0 Å². The average Bonchev–Trinajstić information content (AvgIpc) is 2.85. The molecule has 5 nitrogen and oxygen atoms in total. The van der Waals surface area contributed by atoms with Crippen molar-refractivity contribution in [1.82, 2.24) is 10.1 Å². The number of nitrogens with two attached hydrogens (primary N) is 1. The first-order valence-electron chi connectivity index (χ1n) is 6.79. The fourth-order valence-corrected chi connectivity index (χ4v) is 2.89. The van der Waals surface area contributed by atoms with Crippen molar-refractivity contribution in [1.29, 1.82) is 0 Å². The van der Waals surface area contributed by atoms with Crippen molar-refractivity contribution in [3.8, 4) is 11.5 Å². The number of hydrogen-bond donors (Lipinski definition) is 1. The van der Waals surface area contributed by atoms with E-state index in [1.54, 1.807) is 12.1 Å². The Kier molecular flexibility index (Phi) is 4.59. The van der Waals surface area contributed by atoms with Crippen molar-refractivity contribution in [2.75, 3.05) is 6.61 Å². The molecule has 3 rings (SSSR count). The highest BCUT2D eigenvalue weighted by molar-refractivity contribution is 9.10. The van der Waals surface area contributed by atoms with E-state index >= 15 is 0 Å². The molecular formula is C14H15BrClN3O2. The summed E-state index contributed by atoms with van der Waals surface area (Å²) in [6, 6.07) is 5.03. The van der Waals surface area contributed by atoms with Gasteiger partial charge in [-0.15, -0.1) is 0 Å². The van der Waals surface area contributed by atoms with Crippen molar-refractivity contribution in [2.45, 2.75) is 31.4 Å². The Morgan fingerprint density at radius 1 is 1.43 bits per heavy atom. The highest BCUT2D eigenvalue weighted by Gasteiger charge is 2.21. The number of nitrogens with zero attached hydrogens (tertiary/aromatic N) is 2. The van der Waals surface area contributed by atoms with Crippen LogP contribution in [-0.4, -0.2) is 22.9 Å². The monoisotopic (exact) mass is 371 g/mol. The van der Waals surface area contributed by atoms with Crippen LogP contribution in [-0.2, 0) is 4.74 Å². The smallest absolute Gasteiger partial charge is 0.258 e. The minimum absolute atomic E-state index is 0.339. The summed E-state index contributed by atoms with van der Waals surface area (Å²) < 4.78 is 11.8. The Morgan fingerprint density at radius 3 is 2.90 bits per heavy atom. The summed E-state index contributed by atoms with van der Waals surface area (Å²) in [5.41, 5.74) is 6.78. The van der Waals surface area contributed by atoms with E-state index in [0.717, 1.165) is 22.9 Å². The van der Waals surface area contributed by atoms with E-state index in [4.69, 9.17) is 26.6 Å². The molecule has 1 aliphatic carbocycles. The predicted octanol–water partition coefficient (Wildman–Crippen LogP) is 3.72. The molecule has 0 amide bonds. The van der Waals surface area contributed by atoms with Crippen LogP contribution in [0.15, 0.2) is 27.2 Å². The molecule has 1 aromatic heterocycles. The van der Waals surface area contributed by atoms with Crippen LogP contribution < -0.4 is 5.73 Å². The number of rotatable bonds is 5. The summed E-state index contributed by atoms with van der Waals surface area (Å²) >= 11 is 9.39. The van der Waals surface area contributed by atoms with Gasteiger partial charge in [-0.1, -0.05) is 32.7 Å². The lowest BCUT2D eigenvalue weighted by Gasteiger charge is -2.26. The van der Waals surface area contributed by atoms with Crippen LogP contribution in [0.4, 0.5) is 0 Å². The highest BCUT2D eigenvalue weighted by Crippen LogP contribution is 2.27. The Labute approximate surface area is 135 Å². The van der Waals surface area contributed by atoms with Gasteiger partial charge in [0.25, 0.3) is 5.89 Å². The Bertz CT molecular complexity index is 610. The molecule has 1 heterocycles. The molecule has 1 aliphatic rings. The van der Waals surface area contributed by atoms with E-state index in [1.807, 2.05) is 6.07 Å². The fourth-order valence-electron chi connectivity index (χ4n) is 2.03. The van der Waals surface area contributed by atoms with Gasteiger partial charge in [0.05, 0.1) is 18.8 Å². The van der Waals surface area contributed by atoms with Crippen LogP contribution in [0.5, 0.6) is 0 Å². The average molecular weight is 373 g/mol. The molecule has 1 aromatic carbocycles. The third-order valence-electron chi connectivity index (χ3n) is 3.45. The van der Waals surface area contributed by atoms with Crippen LogP contribution >= 0.6 is 27.5 Å². The van der Waals surface area contributed by atoms with E-state index < -0.39 is 0 Å². The lowest BCUT2D eigenvalue weighted by atomic mass is 9.96. The maximum Gasteiger partial charge on any atom is 0.258 e. The summed E-state index contributed by atoms with van der Waals surface area (Å²) in [5, 5.41) is 4.52. The minimum Gasteiger partial charge on any atom is -0.376 e. The first-order chi connectivity index (χ1) is 10.1. The molecule has 2 aromatic rings. The number of benzene rings is 1. The Hall–Kier alpha value is -0.950. The molecule has 1 unspecified atom stereocenters. The second-order valence-corrected chi connectivity index (χ2v) is 6.46. The lowest BCUT2D eigenvalue weighted by Crippen LogP contribution is -2.27. The topological polar surface area (TPSA) is 74.2 Å². The van der Waals surface area contributed by atoms with E-state index in [9.17, 15) is 0 Å². The second-order valence-electron chi connectivity index (χ2n) is 5.11. The quantitative estimate of drug-likeness (QED) is 0.866. The second kappa shape index (κ2) is 6.44. The normalized spacial score (nSPS) is 16.7. The zero-order valence-electron chi connectivity index (χ0n) is 11.3. The number of ether oxygens (including phenoxy) is 1. The lowest BCUT2D eigenvalue weighted by molar-refractivity contribution is -0.00549. The van der Waals surface area contributed by atoms with Gasteiger partial charge in [0.2, 0.25) is 0 Å². The summed E-state index contributed by atoms with van der Waals surface area (Å²) in [4.78, 5) is 4.32. The van der Waals surface area contributed by atoms with Crippen LogP contribution in [0.1, 0.15) is 31.1 Å². The molecule has 1 atom stereocenters. The molecule has 1 saturated carbocycles. The molecule has 7 heteroatoms. The van der Waals surface area contributed by atoms with E-state index in [2.05, 4.69) is 26.1 Å². The van der Waals surface area contributed by atoms with Gasteiger partial charge in [-0.3, -0.25) is 0 Å². The van der Waals surface area contributed by atoms with Crippen molar-refractivity contribution >= 4 is 27.5 Å². The van der Waals surface area contributed by atoms with Gasteiger partial charge in [-0.2, -0.15) is 4.98 Å². The summed E-state index contributed by atoms with van der Waals surface area (Å²) in [7, 11) is 0. The standard InChI is InChI=1S/C14H15BrClN3O2/c15-9-4-8(5-10(16)6-9)14-18-13(19-21-14)12(17)7-20-11-2-1-3-11/h4-6,11-12H,1-3,7,17H2. The number of aromatic nitrogens is 2. The predicted molar refractivity (Wildman–Crippen MR) is 83.0 cm³/mol. The third-order valence-corrected chi connectivity index (χ3v) is 4.12. The van der Waals surface area contributed by atoms with E-state index in [0.29, 0.717) is 29.4 Å². The van der Waals surface area contributed by atoms with Crippen molar-refractivity contribution < 1.29 is 9.26 Å². The zero-order chi connectivity index (χ0) is 14.8. The molecule has 0 aliphatic heterocycles. The van der Waals surface area contributed by atoms with Gasteiger partial charge >= 0.3 is 0 Å². The van der Waals surface area contributed by atoms with Gasteiger partial charge < -0.3 is 15.0 Å². The van der Waals surface area contributed by atoms with Crippen molar-refractivity contribution in [2.24, 2.45) is 5.73 Å². The first-order valence-corrected chi connectivity index (χ1v) is 7.96. The minimum atomic E-state index is -0.384. The van der Waals surface area contributed by atoms with Crippen LogP contribution in [0, 0.1) is 0 Å². The zero-order valence-corrected chi connectivity index (χ0v) is 13.6. The van der Waals surface area contributed by atoms with E-state index in [-0.39, 0.29) is 6.04 Å². The molecular weight excluding hydrogens is 358 g/mol. The molecule has 1 fully saturated rings. The fraction of sp³-hybridized carbons (Fsp3) is 0.429. The first kappa shape index (κ1) is 15.0. The van der Waals surface area contributed by atoms with Gasteiger partial charge in [-0.25, -0.2) is 0 Å². The molecule has 2 N–H and O–H groups in total.